The highest BCUT2D eigenvalue weighted by Crippen LogP contribution is 2.26. The van der Waals surface area contributed by atoms with Gasteiger partial charge in [0.05, 0.1) is 24.4 Å². The molecule has 0 fully saturated rings. The number of carbonyl (C=O) groups is 1. The van der Waals surface area contributed by atoms with Crippen molar-refractivity contribution >= 4 is 24.0 Å². The van der Waals surface area contributed by atoms with Crippen LogP contribution in [0.2, 0.25) is 0 Å². The van der Waals surface area contributed by atoms with Crippen LogP contribution in [0.15, 0.2) is 34.9 Å². The van der Waals surface area contributed by atoms with E-state index >= 15 is 0 Å². The van der Waals surface area contributed by atoms with Crippen LogP contribution in [0, 0.1) is 5.82 Å². The van der Waals surface area contributed by atoms with E-state index in [0.717, 1.165) is 6.42 Å². The normalized spacial score (nSPS) is 9.95. The molecule has 0 aliphatic rings. The second-order valence-electron chi connectivity index (χ2n) is 4.45. The third-order valence-corrected chi connectivity index (χ3v) is 2.77. The van der Waals surface area contributed by atoms with E-state index in [1.54, 1.807) is 6.07 Å². The average Bonchev–Trinajstić information content (AvgIpc) is 2.96. The Hall–Kier alpha value is -2.05. The Kier molecular flexibility index (Phi) is 6.88. The molecule has 120 valence electrons. The summed E-state index contributed by atoms with van der Waals surface area (Å²) in [5.41, 5.74) is 6.18. The maximum absolute atomic E-state index is 13.3. The molecular formula is C15H18ClFN2O3. The van der Waals surface area contributed by atoms with Crippen molar-refractivity contribution < 1.29 is 18.3 Å². The number of nitrogens with one attached hydrogen (secondary N) is 1. The van der Waals surface area contributed by atoms with E-state index in [4.69, 9.17) is 14.9 Å². The predicted octanol–water partition coefficient (Wildman–Crippen LogP) is 3.34. The molecule has 0 aliphatic heterocycles. The first-order chi connectivity index (χ1) is 10.1. The maximum atomic E-state index is 13.3. The van der Waals surface area contributed by atoms with Gasteiger partial charge in [-0.1, -0.05) is 6.92 Å². The molecule has 0 atom stereocenters. The second kappa shape index (κ2) is 8.41. The number of benzene rings is 1. The van der Waals surface area contributed by atoms with E-state index in [2.05, 4.69) is 5.32 Å². The third kappa shape index (κ3) is 4.47. The van der Waals surface area contributed by atoms with Crippen LogP contribution in [0.4, 0.5) is 10.1 Å². The van der Waals surface area contributed by atoms with Crippen molar-refractivity contribution in [2.24, 2.45) is 5.73 Å². The van der Waals surface area contributed by atoms with Crippen molar-refractivity contribution in [3.8, 4) is 5.75 Å². The highest BCUT2D eigenvalue weighted by Gasteiger charge is 2.13. The first-order valence-corrected chi connectivity index (χ1v) is 6.65. The summed E-state index contributed by atoms with van der Waals surface area (Å²) in [5.74, 6) is 0.0219. The number of ether oxygens (including phenoxy) is 1. The summed E-state index contributed by atoms with van der Waals surface area (Å²) < 4.78 is 23.8. The van der Waals surface area contributed by atoms with E-state index in [1.165, 1.54) is 24.5 Å². The summed E-state index contributed by atoms with van der Waals surface area (Å²) >= 11 is 0. The maximum Gasteiger partial charge on any atom is 0.259 e. The molecule has 0 aliphatic carbocycles. The molecule has 2 aromatic rings. The van der Waals surface area contributed by atoms with Gasteiger partial charge in [-0.05, 0) is 24.6 Å². The minimum Gasteiger partial charge on any atom is -0.491 e. The van der Waals surface area contributed by atoms with E-state index in [0.29, 0.717) is 29.4 Å². The van der Waals surface area contributed by atoms with Crippen molar-refractivity contribution in [1.82, 2.24) is 0 Å². The van der Waals surface area contributed by atoms with Crippen LogP contribution >= 0.6 is 12.4 Å². The van der Waals surface area contributed by atoms with E-state index in [1.807, 2.05) is 6.92 Å². The quantitative estimate of drug-likeness (QED) is 0.852. The molecule has 1 aromatic carbocycles. The fourth-order valence-corrected chi connectivity index (χ4v) is 1.73. The number of hydrogen-bond acceptors (Lipinski definition) is 4. The van der Waals surface area contributed by atoms with Gasteiger partial charge in [0.1, 0.15) is 23.6 Å². The summed E-state index contributed by atoms with van der Waals surface area (Å²) in [4.78, 5) is 12.1. The number of nitrogens with two attached hydrogens (primary N) is 1. The lowest BCUT2D eigenvalue weighted by Gasteiger charge is -2.11. The van der Waals surface area contributed by atoms with Gasteiger partial charge in [-0.25, -0.2) is 4.39 Å². The van der Waals surface area contributed by atoms with Crippen LogP contribution in [0.1, 0.15) is 29.5 Å². The topological polar surface area (TPSA) is 77.5 Å². The zero-order valence-corrected chi connectivity index (χ0v) is 12.9. The molecule has 22 heavy (non-hydrogen) atoms. The van der Waals surface area contributed by atoms with Crippen molar-refractivity contribution in [3.63, 3.8) is 0 Å². The standard InChI is InChI=1S/C15H17FN2O3.ClH/c1-2-5-20-14-7-11(16)3-4-13(14)18-15(19)10-6-12(8-17)21-9-10;/h3-4,6-7,9H,2,5,8,17H2,1H3,(H,18,19);1H. The first kappa shape index (κ1) is 18.0. The van der Waals surface area contributed by atoms with E-state index in [-0.39, 0.29) is 24.9 Å². The summed E-state index contributed by atoms with van der Waals surface area (Å²) in [6, 6.07) is 5.52. The molecule has 0 saturated carbocycles. The molecule has 0 radical (unpaired) electrons. The summed E-state index contributed by atoms with van der Waals surface area (Å²) in [6.07, 6.45) is 2.11. The number of anilines is 1. The van der Waals surface area contributed by atoms with Crippen LogP contribution in [0.25, 0.3) is 0 Å². The smallest absolute Gasteiger partial charge is 0.259 e. The Bertz CT molecular complexity index is 631. The fourth-order valence-electron chi connectivity index (χ4n) is 1.73. The molecular weight excluding hydrogens is 311 g/mol. The highest BCUT2D eigenvalue weighted by molar-refractivity contribution is 6.04. The second-order valence-corrected chi connectivity index (χ2v) is 4.45. The Labute approximate surface area is 134 Å². The van der Waals surface area contributed by atoms with Crippen molar-refractivity contribution in [1.29, 1.82) is 0 Å². The van der Waals surface area contributed by atoms with Crippen LogP contribution in [-0.4, -0.2) is 12.5 Å². The Balaban J connectivity index is 0.00000242. The molecule has 7 heteroatoms. The van der Waals surface area contributed by atoms with Crippen molar-refractivity contribution in [2.45, 2.75) is 19.9 Å². The van der Waals surface area contributed by atoms with Gasteiger partial charge in [0.25, 0.3) is 5.91 Å². The highest BCUT2D eigenvalue weighted by atomic mass is 35.5. The molecule has 1 heterocycles. The van der Waals surface area contributed by atoms with Crippen LogP contribution in [0.5, 0.6) is 5.75 Å². The molecule has 2 rings (SSSR count). The van der Waals surface area contributed by atoms with Gasteiger partial charge in [-0.2, -0.15) is 0 Å². The zero-order valence-electron chi connectivity index (χ0n) is 12.1. The summed E-state index contributed by atoms with van der Waals surface area (Å²) in [7, 11) is 0. The number of amides is 1. The largest absolute Gasteiger partial charge is 0.491 e. The predicted molar refractivity (Wildman–Crippen MR) is 84.0 cm³/mol. The minimum atomic E-state index is -0.423. The van der Waals surface area contributed by atoms with Gasteiger partial charge in [0.2, 0.25) is 0 Å². The number of furan rings is 1. The van der Waals surface area contributed by atoms with Crippen molar-refractivity contribution in [2.75, 3.05) is 11.9 Å². The van der Waals surface area contributed by atoms with Crippen LogP contribution < -0.4 is 15.8 Å². The van der Waals surface area contributed by atoms with E-state index < -0.39 is 5.82 Å². The fraction of sp³-hybridized carbons (Fsp3) is 0.267. The molecule has 0 spiro atoms. The van der Waals surface area contributed by atoms with Crippen LogP contribution in [0.3, 0.4) is 0 Å². The summed E-state index contributed by atoms with van der Waals surface area (Å²) in [5, 5.41) is 2.67. The number of carbonyl (C=O) groups excluding carboxylic acids is 1. The SMILES string of the molecule is CCCOc1cc(F)ccc1NC(=O)c1coc(CN)c1.Cl. The molecule has 1 aromatic heterocycles. The van der Waals surface area contributed by atoms with Gasteiger partial charge in [-0.15, -0.1) is 12.4 Å². The molecule has 0 bridgehead atoms. The third-order valence-electron chi connectivity index (χ3n) is 2.77. The average molecular weight is 329 g/mol. The van der Waals surface area contributed by atoms with Crippen molar-refractivity contribution in [3.05, 3.63) is 47.7 Å². The molecule has 0 saturated heterocycles. The lowest BCUT2D eigenvalue weighted by atomic mass is 10.2. The molecule has 5 nitrogen and oxygen atoms in total. The monoisotopic (exact) mass is 328 g/mol. The minimum absolute atomic E-state index is 0. The zero-order chi connectivity index (χ0) is 15.2. The number of hydrogen-bond donors (Lipinski definition) is 2. The Morgan fingerprint density at radius 2 is 2.18 bits per heavy atom. The summed E-state index contributed by atoms with van der Waals surface area (Å²) in [6.45, 7) is 2.60. The van der Waals surface area contributed by atoms with Gasteiger partial charge >= 0.3 is 0 Å². The van der Waals surface area contributed by atoms with Gasteiger partial charge < -0.3 is 20.2 Å². The van der Waals surface area contributed by atoms with E-state index in [9.17, 15) is 9.18 Å². The Morgan fingerprint density at radius 3 is 2.82 bits per heavy atom. The Morgan fingerprint density at radius 1 is 1.41 bits per heavy atom. The number of halogens is 2. The van der Waals surface area contributed by atoms with Gasteiger partial charge in [0, 0.05) is 6.07 Å². The number of rotatable bonds is 6. The van der Waals surface area contributed by atoms with Crippen LogP contribution in [-0.2, 0) is 6.54 Å². The molecule has 0 unspecified atom stereocenters. The lowest BCUT2D eigenvalue weighted by Crippen LogP contribution is -2.12. The van der Waals surface area contributed by atoms with Gasteiger partial charge in [0.15, 0.2) is 0 Å². The van der Waals surface area contributed by atoms with Gasteiger partial charge in [-0.3, -0.25) is 4.79 Å². The molecule has 1 amide bonds. The first-order valence-electron chi connectivity index (χ1n) is 6.65. The lowest BCUT2D eigenvalue weighted by molar-refractivity contribution is 0.102. The molecule has 3 N–H and O–H groups in total.